The zero-order valence-corrected chi connectivity index (χ0v) is 13.0. The summed E-state index contributed by atoms with van der Waals surface area (Å²) in [5, 5.41) is 1.69. The van der Waals surface area contributed by atoms with Crippen molar-refractivity contribution >= 4 is 45.1 Å². The van der Waals surface area contributed by atoms with Gasteiger partial charge in [0.15, 0.2) is 0 Å². The Labute approximate surface area is 132 Å². The summed E-state index contributed by atoms with van der Waals surface area (Å²) >= 11 is 7.87. The number of esters is 1. The van der Waals surface area contributed by atoms with E-state index in [1.165, 1.54) is 6.08 Å². The highest BCUT2D eigenvalue weighted by atomic mass is 35.5. The molecule has 5 heteroatoms. The lowest BCUT2D eigenvalue weighted by molar-refractivity contribution is -0.140. The first-order valence-electron chi connectivity index (χ1n) is 6.87. The van der Waals surface area contributed by atoms with Crippen LogP contribution in [0.4, 0.5) is 0 Å². The first kappa shape index (κ1) is 14.6. The number of benzene rings is 1. The van der Waals surface area contributed by atoms with Crippen LogP contribution in [0.15, 0.2) is 30.3 Å². The van der Waals surface area contributed by atoms with Crippen molar-refractivity contribution in [3.05, 3.63) is 40.2 Å². The number of hydrogen-bond donors (Lipinski definition) is 0. The summed E-state index contributed by atoms with van der Waals surface area (Å²) in [6, 6.07) is 7.91. The Morgan fingerprint density at radius 1 is 1.48 bits per heavy atom. The number of carbonyl (C=O) groups excluding carboxylic acids is 1. The van der Waals surface area contributed by atoms with Gasteiger partial charge in [0.25, 0.3) is 0 Å². The monoisotopic (exact) mass is 322 g/mol. The van der Waals surface area contributed by atoms with E-state index >= 15 is 0 Å². The van der Waals surface area contributed by atoms with Gasteiger partial charge in [0.2, 0.25) is 0 Å². The lowest BCUT2D eigenvalue weighted by atomic mass is 10.2. The van der Waals surface area contributed by atoms with Gasteiger partial charge in [0.05, 0.1) is 11.1 Å². The Hall–Kier alpha value is -1.36. The first-order chi connectivity index (χ1) is 10.2. The molecule has 21 heavy (non-hydrogen) atoms. The van der Waals surface area contributed by atoms with Crippen LogP contribution in [0.3, 0.4) is 0 Å². The summed E-state index contributed by atoms with van der Waals surface area (Å²) in [5.74, 6) is -0.362. The smallest absolute Gasteiger partial charge is 0.330 e. The van der Waals surface area contributed by atoms with Crippen LogP contribution in [-0.4, -0.2) is 25.3 Å². The van der Waals surface area contributed by atoms with E-state index in [4.69, 9.17) is 21.1 Å². The second kappa shape index (κ2) is 6.60. The minimum absolute atomic E-state index is 0.0512. The summed E-state index contributed by atoms with van der Waals surface area (Å²) < 4.78 is 11.7. The van der Waals surface area contributed by atoms with Crippen LogP contribution in [0.5, 0.6) is 0 Å². The standard InChI is InChI=1S/C16H15ClO3S/c17-16-12-5-1-2-6-13(12)21-14(16)7-8-15(18)20-10-11-4-3-9-19-11/h1-2,5-8,11H,3-4,9-10H2/b8-7+. The van der Waals surface area contributed by atoms with Gasteiger partial charge in [0, 0.05) is 27.6 Å². The molecule has 1 fully saturated rings. The molecule has 0 bridgehead atoms. The van der Waals surface area contributed by atoms with Gasteiger partial charge in [-0.1, -0.05) is 29.8 Å². The number of fused-ring (bicyclic) bond motifs is 1. The molecule has 0 amide bonds. The Balaban J connectivity index is 1.63. The lowest BCUT2D eigenvalue weighted by Gasteiger charge is -2.08. The maximum absolute atomic E-state index is 11.7. The molecule has 110 valence electrons. The molecule has 2 heterocycles. The lowest BCUT2D eigenvalue weighted by Crippen LogP contribution is -2.16. The molecule has 0 spiro atoms. The third-order valence-electron chi connectivity index (χ3n) is 3.37. The average molecular weight is 323 g/mol. The minimum atomic E-state index is -0.362. The molecule has 1 aliphatic heterocycles. The van der Waals surface area contributed by atoms with E-state index in [0.717, 1.165) is 34.4 Å². The molecule has 3 rings (SSSR count). The van der Waals surface area contributed by atoms with Gasteiger partial charge in [-0.2, -0.15) is 0 Å². The van der Waals surface area contributed by atoms with Gasteiger partial charge < -0.3 is 9.47 Å². The molecule has 1 aliphatic rings. The van der Waals surface area contributed by atoms with Crippen LogP contribution in [0.2, 0.25) is 5.02 Å². The Kier molecular flexibility index (Phi) is 4.58. The van der Waals surface area contributed by atoms with Crippen LogP contribution in [-0.2, 0) is 14.3 Å². The van der Waals surface area contributed by atoms with Gasteiger partial charge in [-0.15, -0.1) is 11.3 Å². The van der Waals surface area contributed by atoms with Crippen molar-refractivity contribution in [1.82, 2.24) is 0 Å². The van der Waals surface area contributed by atoms with E-state index in [1.807, 2.05) is 24.3 Å². The van der Waals surface area contributed by atoms with Crippen molar-refractivity contribution in [3.8, 4) is 0 Å². The van der Waals surface area contributed by atoms with E-state index in [2.05, 4.69) is 0 Å². The molecule has 3 nitrogen and oxygen atoms in total. The SMILES string of the molecule is O=C(/C=C/c1sc2ccccc2c1Cl)OCC1CCCO1. The van der Waals surface area contributed by atoms with Crippen molar-refractivity contribution in [2.45, 2.75) is 18.9 Å². The van der Waals surface area contributed by atoms with Crippen molar-refractivity contribution in [1.29, 1.82) is 0 Å². The normalized spacial score (nSPS) is 18.6. The molecule has 0 N–H and O–H groups in total. The Morgan fingerprint density at radius 3 is 3.10 bits per heavy atom. The molecule has 1 aromatic heterocycles. The van der Waals surface area contributed by atoms with Gasteiger partial charge in [-0.25, -0.2) is 4.79 Å². The maximum Gasteiger partial charge on any atom is 0.330 e. The van der Waals surface area contributed by atoms with Crippen molar-refractivity contribution in [3.63, 3.8) is 0 Å². The second-order valence-electron chi connectivity index (χ2n) is 4.87. The average Bonchev–Trinajstić information content (AvgIpc) is 3.12. The maximum atomic E-state index is 11.7. The van der Waals surface area contributed by atoms with Gasteiger partial charge in [0.1, 0.15) is 6.61 Å². The summed E-state index contributed by atoms with van der Waals surface area (Å²) in [5.41, 5.74) is 0. The number of thiophene rings is 1. The molecule has 0 saturated carbocycles. The minimum Gasteiger partial charge on any atom is -0.460 e. The fourth-order valence-electron chi connectivity index (χ4n) is 2.28. The third-order valence-corrected chi connectivity index (χ3v) is 5.02. The predicted molar refractivity (Wildman–Crippen MR) is 85.8 cm³/mol. The highest BCUT2D eigenvalue weighted by molar-refractivity contribution is 7.20. The molecular weight excluding hydrogens is 308 g/mol. The molecular formula is C16H15ClO3S. The van der Waals surface area contributed by atoms with E-state index in [-0.39, 0.29) is 12.1 Å². The topological polar surface area (TPSA) is 35.5 Å². The van der Waals surface area contributed by atoms with E-state index < -0.39 is 0 Å². The highest BCUT2D eigenvalue weighted by Crippen LogP contribution is 2.35. The van der Waals surface area contributed by atoms with E-state index in [9.17, 15) is 4.79 Å². The van der Waals surface area contributed by atoms with Crippen LogP contribution in [0.25, 0.3) is 16.2 Å². The number of rotatable bonds is 4. The Morgan fingerprint density at radius 2 is 2.33 bits per heavy atom. The molecule has 1 saturated heterocycles. The fraction of sp³-hybridized carbons (Fsp3) is 0.312. The summed E-state index contributed by atoms with van der Waals surface area (Å²) in [6.07, 6.45) is 5.18. The Bertz CT molecular complexity index is 671. The zero-order chi connectivity index (χ0) is 14.7. The van der Waals surface area contributed by atoms with Crippen molar-refractivity contribution in [2.24, 2.45) is 0 Å². The largest absolute Gasteiger partial charge is 0.460 e. The van der Waals surface area contributed by atoms with E-state index in [0.29, 0.717) is 11.6 Å². The molecule has 0 aliphatic carbocycles. The van der Waals surface area contributed by atoms with Gasteiger partial charge >= 0.3 is 5.97 Å². The van der Waals surface area contributed by atoms with Gasteiger partial charge in [-0.05, 0) is 25.0 Å². The van der Waals surface area contributed by atoms with Crippen LogP contribution in [0.1, 0.15) is 17.7 Å². The molecule has 0 radical (unpaired) electrons. The van der Waals surface area contributed by atoms with Crippen LogP contribution >= 0.6 is 22.9 Å². The first-order valence-corrected chi connectivity index (χ1v) is 8.07. The zero-order valence-electron chi connectivity index (χ0n) is 11.4. The second-order valence-corrected chi connectivity index (χ2v) is 6.34. The summed E-state index contributed by atoms with van der Waals surface area (Å²) in [7, 11) is 0. The summed E-state index contributed by atoms with van der Waals surface area (Å²) in [6.45, 7) is 1.08. The highest BCUT2D eigenvalue weighted by Gasteiger charge is 2.16. The predicted octanol–water partition coefficient (Wildman–Crippen LogP) is 4.29. The van der Waals surface area contributed by atoms with Gasteiger partial charge in [-0.3, -0.25) is 0 Å². The molecule has 1 atom stereocenters. The number of halogens is 1. The summed E-state index contributed by atoms with van der Waals surface area (Å²) in [4.78, 5) is 12.6. The van der Waals surface area contributed by atoms with Crippen molar-refractivity contribution in [2.75, 3.05) is 13.2 Å². The quantitative estimate of drug-likeness (QED) is 0.622. The van der Waals surface area contributed by atoms with E-state index in [1.54, 1.807) is 17.4 Å². The molecule has 2 aromatic rings. The third kappa shape index (κ3) is 3.46. The van der Waals surface area contributed by atoms with Crippen LogP contribution in [0, 0.1) is 0 Å². The molecule has 1 unspecified atom stereocenters. The van der Waals surface area contributed by atoms with Crippen molar-refractivity contribution < 1.29 is 14.3 Å². The molecule has 1 aromatic carbocycles. The fourth-order valence-corrected chi connectivity index (χ4v) is 3.68. The number of ether oxygens (including phenoxy) is 2. The number of hydrogen-bond acceptors (Lipinski definition) is 4. The van der Waals surface area contributed by atoms with Crippen LogP contribution < -0.4 is 0 Å². The number of carbonyl (C=O) groups is 1.